The van der Waals surface area contributed by atoms with E-state index in [1.807, 2.05) is 0 Å². The van der Waals surface area contributed by atoms with Crippen LogP contribution in [0.2, 0.25) is 0 Å². The molecule has 4 nitrogen and oxygen atoms in total. The van der Waals surface area contributed by atoms with Crippen LogP contribution in [-0.2, 0) is 0 Å². The van der Waals surface area contributed by atoms with Crippen LogP contribution in [0.15, 0.2) is 16.6 Å². The maximum atomic E-state index is 13.2. The van der Waals surface area contributed by atoms with E-state index in [-0.39, 0.29) is 4.47 Å². The Morgan fingerprint density at radius 1 is 1.50 bits per heavy atom. The van der Waals surface area contributed by atoms with Crippen LogP contribution in [-0.4, -0.2) is 18.0 Å². The summed E-state index contributed by atoms with van der Waals surface area (Å²) in [6.07, 6.45) is -2.75. The largest absolute Gasteiger partial charge is 0.483 e. The zero-order valence-corrected chi connectivity index (χ0v) is 9.21. The molecule has 0 N–H and O–H groups in total. The molecule has 0 aromatic heterocycles. The van der Waals surface area contributed by atoms with Crippen LogP contribution in [0.5, 0.6) is 5.75 Å². The van der Waals surface area contributed by atoms with Gasteiger partial charge in [0.1, 0.15) is 6.61 Å². The van der Waals surface area contributed by atoms with Crippen LogP contribution in [0, 0.1) is 15.9 Å². The predicted molar refractivity (Wildman–Crippen MR) is 52.3 cm³/mol. The molecule has 0 unspecified atom stereocenters. The summed E-state index contributed by atoms with van der Waals surface area (Å²) >= 11 is 2.80. The molecule has 0 saturated carbocycles. The SMILES string of the molecule is O=[N+]([O-])c1cc(F)c(OCC(F)F)c(Br)c1. The third-order valence-corrected chi connectivity index (χ3v) is 2.14. The van der Waals surface area contributed by atoms with Crippen molar-refractivity contribution >= 4 is 21.6 Å². The summed E-state index contributed by atoms with van der Waals surface area (Å²) in [6.45, 7) is -0.979. The average Bonchev–Trinajstić information content (AvgIpc) is 2.15. The highest BCUT2D eigenvalue weighted by Crippen LogP contribution is 2.32. The molecule has 0 aliphatic heterocycles. The average molecular weight is 300 g/mol. The molecular formula is C8H5BrF3NO3. The zero-order chi connectivity index (χ0) is 12.3. The van der Waals surface area contributed by atoms with Crippen molar-refractivity contribution in [3.8, 4) is 5.75 Å². The highest BCUT2D eigenvalue weighted by Gasteiger charge is 2.17. The fourth-order valence-electron chi connectivity index (χ4n) is 0.936. The molecule has 0 saturated heterocycles. The Labute approximate surface area is 96.3 Å². The van der Waals surface area contributed by atoms with E-state index in [1.54, 1.807) is 0 Å². The fraction of sp³-hybridized carbons (Fsp3) is 0.250. The number of nitro groups is 1. The van der Waals surface area contributed by atoms with Gasteiger partial charge in [0.25, 0.3) is 12.1 Å². The van der Waals surface area contributed by atoms with Crippen LogP contribution in [0.4, 0.5) is 18.9 Å². The lowest BCUT2D eigenvalue weighted by molar-refractivity contribution is -0.385. The first-order valence-corrected chi connectivity index (χ1v) is 4.75. The Morgan fingerprint density at radius 2 is 2.12 bits per heavy atom. The number of hydrogen-bond acceptors (Lipinski definition) is 3. The van der Waals surface area contributed by atoms with Gasteiger partial charge >= 0.3 is 0 Å². The Bertz CT molecular complexity index is 391. The first-order chi connectivity index (χ1) is 7.41. The number of halogens is 4. The van der Waals surface area contributed by atoms with E-state index in [0.29, 0.717) is 6.07 Å². The van der Waals surface area contributed by atoms with Crippen molar-refractivity contribution in [1.29, 1.82) is 0 Å². The van der Waals surface area contributed by atoms with Gasteiger partial charge in [-0.15, -0.1) is 0 Å². The number of hydrogen-bond donors (Lipinski definition) is 0. The molecule has 0 atom stereocenters. The molecule has 0 aliphatic rings. The van der Waals surface area contributed by atoms with Gasteiger partial charge in [0.15, 0.2) is 11.6 Å². The third-order valence-electron chi connectivity index (χ3n) is 1.55. The van der Waals surface area contributed by atoms with E-state index < -0.39 is 35.2 Å². The minimum atomic E-state index is -2.75. The summed E-state index contributed by atoms with van der Waals surface area (Å²) in [7, 11) is 0. The summed E-state index contributed by atoms with van der Waals surface area (Å²) in [5, 5.41) is 10.3. The van der Waals surface area contributed by atoms with Crippen molar-refractivity contribution in [2.75, 3.05) is 6.61 Å². The molecule has 0 radical (unpaired) electrons. The van der Waals surface area contributed by atoms with Crippen molar-refractivity contribution in [3.63, 3.8) is 0 Å². The Hall–Kier alpha value is -1.31. The van der Waals surface area contributed by atoms with Gasteiger partial charge < -0.3 is 4.74 Å². The highest BCUT2D eigenvalue weighted by atomic mass is 79.9. The first kappa shape index (κ1) is 12.8. The van der Waals surface area contributed by atoms with Crippen molar-refractivity contribution in [3.05, 3.63) is 32.5 Å². The maximum Gasteiger partial charge on any atom is 0.273 e. The number of rotatable bonds is 4. The first-order valence-electron chi connectivity index (χ1n) is 3.96. The highest BCUT2D eigenvalue weighted by molar-refractivity contribution is 9.10. The lowest BCUT2D eigenvalue weighted by atomic mass is 10.3. The van der Waals surface area contributed by atoms with Gasteiger partial charge in [-0.1, -0.05) is 0 Å². The van der Waals surface area contributed by atoms with Crippen LogP contribution in [0.3, 0.4) is 0 Å². The Balaban J connectivity index is 2.98. The third kappa shape index (κ3) is 3.09. The number of ether oxygens (including phenoxy) is 1. The van der Waals surface area contributed by atoms with E-state index in [1.165, 1.54) is 0 Å². The quantitative estimate of drug-likeness (QED) is 0.634. The monoisotopic (exact) mass is 299 g/mol. The van der Waals surface area contributed by atoms with E-state index in [4.69, 9.17) is 0 Å². The van der Waals surface area contributed by atoms with E-state index in [0.717, 1.165) is 6.07 Å². The van der Waals surface area contributed by atoms with Crippen LogP contribution in [0.25, 0.3) is 0 Å². The van der Waals surface area contributed by atoms with Crippen LogP contribution < -0.4 is 4.74 Å². The molecule has 0 fully saturated rings. The second kappa shape index (κ2) is 5.15. The topological polar surface area (TPSA) is 52.4 Å². The number of benzene rings is 1. The minimum Gasteiger partial charge on any atom is -0.483 e. The molecule has 1 aromatic rings. The standard InChI is InChI=1S/C8H5BrF3NO3/c9-5-1-4(13(14)15)2-6(10)8(5)16-3-7(11)12/h1-2,7H,3H2. The van der Waals surface area contributed by atoms with Crippen LogP contribution in [0.1, 0.15) is 0 Å². The molecule has 1 aromatic carbocycles. The molecule has 0 bridgehead atoms. The van der Waals surface area contributed by atoms with Gasteiger partial charge in [-0.25, -0.2) is 13.2 Å². The fourth-order valence-corrected chi connectivity index (χ4v) is 1.47. The van der Waals surface area contributed by atoms with Crippen molar-refractivity contribution in [1.82, 2.24) is 0 Å². The summed E-state index contributed by atoms with van der Waals surface area (Å²) in [5.74, 6) is -1.53. The number of alkyl halides is 2. The Kier molecular flexibility index (Phi) is 4.11. The summed E-state index contributed by atoms with van der Waals surface area (Å²) < 4.78 is 41.2. The lowest BCUT2D eigenvalue weighted by Gasteiger charge is -2.08. The van der Waals surface area contributed by atoms with Gasteiger partial charge in [-0.3, -0.25) is 10.1 Å². The second-order valence-corrected chi connectivity index (χ2v) is 3.55. The molecule has 0 amide bonds. The molecule has 16 heavy (non-hydrogen) atoms. The van der Waals surface area contributed by atoms with Gasteiger partial charge in [0, 0.05) is 6.07 Å². The molecule has 0 heterocycles. The number of non-ortho nitro benzene ring substituents is 1. The summed E-state index contributed by atoms with van der Waals surface area (Å²) in [6, 6.07) is 1.58. The number of nitro benzene ring substituents is 1. The minimum absolute atomic E-state index is 0.0835. The lowest BCUT2D eigenvalue weighted by Crippen LogP contribution is -2.08. The zero-order valence-electron chi connectivity index (χ0n) is 7.62. The molecule has 0 aliphatic carbocycles. The molecular weight excluding hydrogens is 295 g/mol. The van der Waals surface area contributed by atoms with Gasteiger partial charge in [-0.2, -0.15) is 0 Å². The summed E-state index contributed by atoms with van der Waals surface area (Å²) in [4.78, 5) is 9.54. The predicted octanol–water partition coefficient (Wildman–Crippen LogP) is 3.14. The molecule has 0 spiro atoms. The molecule has 8 heteroatoms. The van der Waals surface area contributed by atoms with Crippen molar-refractivity contribution in [2.24, 2.45) is 0 Å². The van der Waals surface area contributed by atoms with Gasteiger partial charge in [0.05, 0.1) is 15.5 Å². The van der Waals surface area contributed by atoms with Crippen molar-refractivity contribution < 1.29 is 22.8 Å². The smallest absolute Gasteiger partial charge is 0.273 e. The van der Waals surface area contributed by atoms with E-state index in [2.05, 4.69) is 20.7 Å². The molecule has 1 rings (SSSR count). The van der Waals surface area contributed by atoms with Gasteiger partial charge in [0.2, 0.25) is 0 Å². The second-order valence-electron chi connectivity index (χ2n) is 2.70. The van der Waals surface area contributed by atoms with E-state index in [9.17, 15) is 23.3 Å². The van der Waals surface area contributed by atoms with E-state index >= 15 is 0 Å². The van der Waals surface area contributed by atoms with Crippen LogP contribution >= 0.6 is 15.9 Å². The number of nitrogens with zero attached hydrogens (tertiary/aromatic N) is 1. The normalized spacial score (nSPS) is 10.6. The van der Waals surface area contributed by atoms with Gasteiger partial charge in [-0.05, 0) is 15.9 Å². The maximum absolute atomic E-state index is 13.2. The summed E-state index contributed by atoms with van der Waals surface area (Å²) in [5.41, 5.74) is -0.492. The van der Waals surface area contributed by atoms with Crippen molar-refractivity contribution in [2.45, 2.75) is 6.43 Å². The Morgan fingerprint density at radius 3 is 2.56 bits per heavy atom. The molecule has 88 valence electrons.